The third-order valence-corrected chi connectivity index (χ3v) is 3.07. The second-order valence-electron chi connectivity index (χ2n) is 4.88. The van der Waals surface area contributed by atoms with Crippen LogP contribution in [-0.4, -0.2) is 0 Å². The quantitative estimate of drug-likeness (QED) is 0.388. The van der Waals surface area contributed by atoms with Gasteiger partial charge in [-0.05, 0) is 41.9 Å². The van der Waals surface area contributed by atoms with Gasteiger partial charge in [0.25, 0.3) is 0 Å². The lowest BCUT2D eigenvalue weighted by atomic mass is 10.1. The van der Waals surface area contributed by atoms with Crippen molar-refractivity contribution in [2.45, 2.75) is 77.6 Å². The van der Waals surface area contributed by atoms with E-state index in [1.807, 2.05) is 0 Å². The van der Waals surface area contributed by atoms with E-state index in [2.05, 4.69) is 48.4 Å². The third kappa shape index (κ3) is 16.2. The van der Waals surface area contributed by atoms with E-state index in [0.717, 1.165) is 6.42 Å². The van der Waals surface area contributed by atoms with E-state index in [1.54, 1.807) is 0 Å². The largest absolute Gasteiger partial charge is 0.106 e. The summed E-state index contributed by atoms with van der Waals surface area (Å²) in [4.78, 5) is 0. The van der Waals surface area contributed by atoms with Crippen LogP contribution in [0, 0.1) is 47.9 Å². The lowest BCUT2D eigenvalue weighted by Crippen LogP contribution is -1.81. The normalized spacial score (nSPS) is 8.20. The van der Waals surface area contributed by atoms with E-state index < -0.39 is 0 Å². The summed E-state index contributed by atoms with van der Waals surface area (Å²) < 4.78 is 0. The SMILES string of the molecule is C#CC#CC#CC#CCCCCCCCCCCCC. The monoisotopic (exact) mass is 266 g/mol. The Morgan fingerprint density at radius 2 is 1.10 bits per heavy atom. The van der Waals surface area contributed by atoms with Gasteiger partial charge in [0.1, 0.15) is 0 Å². The third-order valence-electron chi connectivity index (χ3n) is 3.07. The molecule has 0 radical (unpaired) electrons. The van der Waals surface area contributed by atoms with Crippen molar-refractivity contribution in [2.75, 3.05) is 0 Å². The van der Waals surface area contributed by atoms with E-state index in [1.165, 1.54) is 64.2 Å². The van der Waals surface area contributed by atoms with E-state index in [0.29, 0.717) is 0 Å². The fraction of sp³-hybridized carbons (Fsp3) is 0.600. The van der Waals surface area contributed by atoms with Crippen LogP contribution in [0.3, 0.4) is 0 Å². The van der Waals surface area contributed by atoms with E-state index in [4.69, 9.17) is 6.42 Å². The average Bonchev–Trinajstić information content (AvgIpc) is 2.47. The lowest BCUT2D eigenvalue weighted by molar-refractivity contribution is 0.558. The van der Waals surface area contributed by atoms with Gasteiger partial charge in [0.15, 0.2) is 0 Å². The summed E-state index contributed by atoms with van der Waals surface area (Å²) in [6.07, 6.45) is 19.5. The molecule has 0 aromatic rings. The minimum Gasteiger partial charge on any atom is -0.106 e. The maximum Gasteiger partial charge on any atom is 0.00989 e. The number of terminal acetylenes is 1. The van der Waals surface area contributed by atoms with Crippen LogP contribution in [0.15, 0.2) is 0 Å². The molecule has 0 amide bonds. The molecule has 0 fully saturated rings. The van der Waals surface area contributed by atoms with Crippen LogP contribution < -0.4 is 0 Å². The Labute approximate surface area is 126 Å². The zero-order chi connectivity index (χ0) is 14.7. The van der Waals surface area contributed by atoms with Crippen LogP contribution in [0.4, 0.5) is 0 Å². The highest BCUT2D eigenvalue weighted by Gasteiger charge is 1.91. The van der Waals surface area contributed by atoms with Crippen molar-refractivity contribution in [2.24, 2.45) is 0 Å². The van der Waals surface area contributed by atoms with Gasteiger partial charge in [0.2, 0.25) is 0 Å². The van der Waals surface area contributed by atoms with Crippen molar-refractivity contribution in [3.8, 4) is 47.9 Å². The fourth-order valence-corrected chi connectivity index (χ4v) is 1.94. The fourth-order valence-electron chi connectivity index (χ4n) is 1.94. The van der Waals surface area contributed by atoms with Crippen molar-refractivity contribution >= 4 is 0 Å². The minimum atomic E-state index is 0.938. The first-order valence-corrected chi connectivity index (χ1v) is 7.85. The molecule has 0 aliphatic rings. The van der Waals surface area contributed by atoms with Gasteiger partial charge >= 0.3 is 0 Å². The second-order valence-corrected chi connectivity index (χ2v) is 4.88. The molecule has 0 N–H and O–H groups in total. The van der Waals surface area contributed by atoms with Crippen molar-refractivity contribution in [3.63, 3.8) is 0 Å². The average molecular weight is 266 g/mol. The summed E-state index contributed by atoms with van der Waals surface area (Å²) in [5, 5.41) is 0. The maximum absolute atomic E-state index is 4.96. The molecule has 20 heavy (non-hydrogen) atoms. The predicted molar refractivity (Wildman–Crippen MR) is 88.6 cm³/mol. The second kappa shape index (κ2) is 17.2. The highest BCUT2D eigenvalue weighted by Crippen LogP contribution is 2.10. The van der Waals surface area contributed by atoms with Crippen LogP contribution in [0.5, 0.6) is 0 Å². The van der Waals surface area contributed by atoms with E-state index in [-0.39, 0.29) is 0 Å². The molecule has 0 aliphatic carbocycles. The molecule has 0 nitrogen and oxygen atoms in total. The number of rotatable bonds is 10. The van der Waals surface area contributed by atoms with Gasteiger partial charge in [-0.3, -0.25) is 0 Å². The van der Waals surface area contributed by atoms with Crippen LogP contribution in [0.1, 0.15) is 77.6 Å². The Morgan fingerprint density at radius 3 is 1.70 bits per heavy atom. The molecule has 0 saturated carbocycles. The van der Waals surface area contributed by atoms with Crippen molar-refractivity contribution in [1.29, 1.82) is 0 Å². The summed E-state index contributed by atoms with van der Waals surface area (Å²) in [5.74, 6) is 18.3. The first-order valence-electron chi connectivity index (χ1n) is 7.85. The maximum atomic E-state index is 4.96. The van der Waals surface area contributed by atoms with Crippen LogP contribution >= 0.6 is 0 Å². The molecular weight excluding hydrogens is 240 g/mol. The van der Waals surface area contributed by atoms with Gasteiger partial charge < -0.3 is 0 Å². The highest BCUT2D eigenvalue weighted by atomic mass is 14.0. The van der Waals surface area contributed by atoms with Gasteiger partial charge in [-0.15, -0.1) is 6.42 Å². The van der Waals surface area contributed by atoms with Crippen LogP contribution in [0.25, 0.3) is 0 Å². The molecule has 0 saturated heterocycles. The zero-order valence-corrected chi connectivity index (χ0v) is 12.9. The Kier molecular flexibility index (Phi) is 15.7. The van der Waals surface area contributed by atoms with Gasteiger partial charge in [-0.25, -0.2) is 0 Å². The van der Waals surface area contributed by atoms with Gasteiger partial charge in [-0.2, -0.15) is 0 Å². The Hall–Kier alpha value is -1.76. The summed E-state index contributed by atoms with van der Waals surface area (Å²) in [6.45, 7) is 2.26. The molecule has 0 bridgehead atoms. The summed E-state index contributed by atoms with van der Waals surface area (Å²) in [5.41, 5.74) is 0. The molecule has 0 heteroatoms. The van der Waals surface area contributed by atoms with Gasteiger partial charge in [0.05, 0.1) is 0 Å². The van der Waals surface area contributed by atoms with Crippen molar-refractivity contribution in [3.05, 3.63) is 0 Å². The summed E-state index contributed by atoms with van der Waals surface area (Å²) in [7, 11) is 0. The van der Waals surface area contributed by atoms with Crippen LogP contribution in [-0.2, 0) is 0 Å². The van der Waals surface area contributed by atoms with Crippen LogP contribution in [0.2, 0.25) is 0 Å². The summed E-state index contributed by atoms with van der Waals surface area (Å²) in [6, 6.07) is 0. The standard InChI is InChI=1S/C20H26/c1-3-5-7-9-11-13-15-17-19-20-18-16-14-12-10-8-6-4-2/h1H,4,6,8,10,12,14,16-20H2,2H3. The Morgan fingerprint density at radius 1 is 0.600 bits per heavy atom. The highest BCUT2D eigenvalue weighted by molar-refractivity contribution is 5.39. The molecule has 0 heterocycles. The number of hydrogen-bond acceptors (Lipinski definition) is 0. The molecule has 106 valence electrons. The molecule has 0 aromatic carbocycles. The number of unbranched alkanes of at least 4 members (excludes halogenated alkanes) is 10. The molecular formula is C20H26. The molecule has 0 rings (SSSR count). The van der Waals surface area contributed by atoms with E-state index >= 15 is 0 Å². The predicted octanol–water partition coefficient (Wildman–Crippen LogP) is 4.94. The lowest BCUT2D eigenvalue weighted by Gasteiger charge is -2.00. The first kappa shape index (κ1) is 18.2. The molecule has 0 aliphatic heterocycles. The molecule has 0 spiro atoms. The topological polar surface area (TPSA) is 0 Å². The number of hydrogen-bond donors (Lipinski definition) is 0. The molecule has 0 unspecified atom stereocenters. The first-order chi connectivity index (χ1) is 9.91. The molecule has 0 atom stereocenters. The van der Waals surface area contributed by atoms with Crippen molar-refractivity contribution in [1.82, 2.24) is 0 Å². The molecule has 0 aromatic heterocycles. The Balaban J connectivity index is 3.26. The van der Waals surface area contributed by atoms with Gasteiger partial charge in [-0.1, -0.05) is 70.6 Å². The smallest absolute Gasteiger partial charge is 0.00989 e. The van der Waals surface area contributed by atoms with Gasteiger partial charge in [0, 0.05) is 6.42 Å². The minimum absolute atomic E-state index is 0.938. The van der Waals surface area contributed by atoms with E-state index in [9.17, 15) is 0 Å². The zero-order valence-electron chi connectivity index (χ0n) is 12.9. The van der Waals surface area contributed by atoms with Crippen molar-refractivity contribution < 1.29 is 0 Å². The summed E-state index contributed by atoms with van der Waals surface area (Å²) >= 11 is 0. The Bertz CT molecular complexity index is 428.